The molecule has 1 unspecified atom stereocenters. The number of benzene rings is 2. The van der Waals surface area contributed by atoms with Crippen LogP contribution in [0.1, 0.15) is 23.6 Å². The lowest BCUT2D eigenvalue weighted by Crippen LogP contribution is -2.39. The summed E-state index contributed by atoms with van der Waals surface area (Å²) >= 11 is 0. The molecule has 0 aliphatic carbocycles. The largest absolute Gasteiger partial charge is 0.507 e. The minimum atomic E-state index is -1.06. The van der Waals surface area contributed by atoms with Gasteiger partial charge in [0.1, 0.15) is 17.3 Å². The Morgan fingerprint density at radius 3 is 2.58 bits per heavy atom. The number of phenols is 1. The number of phenolic OH excluding ortho intramolecular Hbond substituents is 1. The van der Waals surface area contributed by atoms with Crippen molar-refractivity contribution in [2.45, 2.75) is 12.5 Å². The van der Waals surface area contributed by atoms with Gasteiger partial charge in [-0.05, 0) is 24.1 Å². The number of morpholine rings is 1. The fourth-order valence-corrected chi connectivity index (χ4v) is 4.54. The van der Waals surface area contributed by atoms with E-state index in [0.29, 0.717) is 37.5 Å². The van der Waals surface area contributed by atoms with Gasteiger partial charge < -0.3 is 24.6 Å². The Bertz CT molecular complexity index is 1210. The maximum absolute atomic E-state index is 13.2. The van der Waals surface area contributed by atoms with Crippen LogP contribution >= 0.6 is 0 Å². The fraction of sp³-hybridized carbons (Fsp3) is 0.360. The standard InChI is InChI=1S/C25H27N3O8/c1-35-18-6-7-19(20(29)15-18)23(30)21-22(16-4-2-5-17(14-16)28(33)34)27(25(32)24(21)31)9-3-8-26-10-12-36-13-11-26/h2,4-7,14-15,22,29-30H,3,8-13H2,1H3. The van der Waals surface area contributed by atoms with Crippen molar-refractivity contribution in [3.05, 3.63) is 69.3 Å². The lowest BCUT2D eigenvalue weighted by atomic mass is 9.94. The summed E-state index contributed by atoms with van der Waals surface area (Å²) in [4.78, 5) is 40.6. The molecule has 0 saturated carbocycles. The maximum atomic E-state index is 13.2. The molecule has 2 aromatic rings. The van der Waals surface area contributed by atoms with Gasteiger partial charge in [-0.25, -0.2) is 0 Å². The molecule has 2 fully saturated rings. The van der Waals surface area contributed by atoms with Crippen molar-refractivity contribution in [2.75, 3.05) is 46.5 Å². The second kappa shape index (κ2) is 10.8. The number of nitro benzene ring substituents is 1. The summed E-state index contributed by atoms with van der Waals surface area (Å²) in [5.41, 5.74) is -0.201. The molecule has 11 nitrogen and oxygen atoms in total. The van der Waals surface area contributed by atoms with Gasteiger partial charge in [0.25, 0.3) is 17.4 Å². The number of carbonyl (C=O) groups excluding carboxylic acids is 2. The molecule has 190 valence electrons. The summed E-state index contributed by atoms with van der Waals surface area (Å²) in [5, 5.41) is 33.0. The molecule has 2 saturated heterocycles. The van der Waals surface area contributed by atoms with E-state index in [-0.39, 0.29) is 29.1 Å². The maximum Gasteiger partial charge on any atom is 0.295 e. The molecule has 11 heteroatoms. The number of rotatable bonds is 8. The van der Waals surface area contributed by atoms with Crippen molar-refractivity contribution in [3.8, 4) is 11.5 Å². The van der Waals surface area contributed by atoms with Crippen LogP contribution in [0.15, 0.2) is 48.0 Å². The Morgan fingerprint density at radius 1 is 1.17 bits per heavy atom. The van der Waals surface area contributed by atoms with Gasteiger partial charge in [-0.3, -0.25) is 24.6 Å². The quantitative estimate of drug-likeness (QED) is 0.185. The number of hydrogen-bond donors (Lipinski definition) is 2. The molecule has 2 N–H and O–H groups in total. The second-order valence-electron chi connectivity index (χ2n) is 8.54. The minimum absolute atomic E-state index is 0.0578. The van der Waals surface area contributed by atoms with Crippen LogP contribution in [0.3, 0.4) is 0 Å². The topological polar surface area (TPSA) is 143 Å². The lowest BCUT2D eigenvalue weighted by Gasteiger charge is -2.29. The first kappa shape index (κ1) is 25.1. The predicted molar refractivity (Wildman–Crippen MR) is 129 cm³/mol. The molecule has 4 rings (SSSR count). The zero-order valence-electron chi connectivity index (χ0n) is 19.8. The number of ketones is 1. The molecule has 36 heavy (non-hydrogen) atoms. The summed E-state index contributed by atoms with van der Waals surface area (Å²) < 4.78 is 10.4. The van der Waals surface area contributed by atoms with Crippen LogP contribution in [0, 0.1) is 10.1 Å². The first-order chi connectivity index (χ1) is 17.3. The molecule has 2 heterocycles. The Hall–Kier alpha value is -3.96. The van der Waals surface area contributed by atoms with Crippen LogP contribution in [-0.2, 0) is 14.3 Å². The van der Waals surface area contributed by atoms with Crippen LogP contribution in [0.4, 0.5) is 5.69 Å². The highest BCUT2D eigenvalue weighted by Gasteiger charge is 2.46. The molecule has 1 amide bonds. The van der Waals surface area contributed by atoms with E-state index >= 15 is 0 Å². The normalized spacial score (nSPS) is 20.0. The number of aliphatic hydroxyl groups is 1. The van der Waals surface area contributed by atoms with E-state index in [1.165, 1.54) is 48.4 Å². The van der Waals surface area contributed by atoms with E-state index < -0.39 is 28.4 Å². The SMILES string of the molecule is COc1ccc(C(O)=C2C(=O)C(=O)N(CCCN3CCOCC3)C2c2cccc([N+](=O)[O-])c2)c(O)c1. The van der Waals surface area contributed by atoms with Gasteiger partial charge >= 0.3 is 0 Å². The lowest BCUT2D eigenvalue weighted by molar-refractivity contribution is -0.384. The molecule has 2 aliphatic heterocycles. The van der Waals surface area contributed by atoms with Crippen molar-refractivity contribution in [3.63, 3.8) is 0 Å². The molecule has 2 aromatic carbocycles. The van der Waals surface area contributed by atoms with Crippen LogP contribution in [0.2, 0.25) is 0 Å². The van der Waals surface area contributed by atoms with Crippen LogP contribution < -0.4 is 4.74 Å². The fourth-order valence-electron chi connectivity index (χ4n) is 4.54. The summed E-state index contributed by atoms with van der Waals surface area (Å²) in [6, 6.07) is 8.71. The third-order valence-corrected chi connectivity index (χ3v) is 6.37. The zero-order valence-corrected chi connectivity index (χ0v) is 19.8. The summed E-state index contributed by atoms with van der Waals surface area (Å²) in [5.74, 6) is -2.32. The van der Waals surface area contributed by atoms with Crippen molar-refractivity contribution >= 4 is 23.1 Å². The van der Waals surface area contributed by atoms with Gasteiger partial charge in [-0.15, -0.1) is 0 Å². The van der Waals surface area contributed by atoms with E-state index in [2.05, 4.69) is 4.90 Å². The molecule has 0 aromatic heterocycles. The minimum Gasteiger partial charge on any atom is -0.507 e. The highest BCUT2D eigenvalue weighted by Crippen LogP contribution is 2.42. The van der Waals surface area contributed by atoms with Gasteiger partial charge in [-0.2, -0.15) is 0 Å². The number of non-ortho nitro benzene ring substituents is 1. The Morgan fingerprint density at radius 2 is 1.92 bits per heavy atom. The van der Waals surface area contributed by atoms with Crippen molar-refractivity contribution < 1.29 is 34.2 Å². The smallest absolute Gasteiger partial charge is 0.295 e. The van der Waals surface area contributed by atoms with E-state index in [1.807, 2.05) is 0 Å². The number of ether oxygens (including phenoxy) is 2. The number of aromatic hydroxyl groups is 1. The predicted octanol–water partition coefficient (Wildman–Crippen LogP) is 2.45. The van der Waals surface area contributed by atoms with Gasteiger partial charge in [0.2, 0.25) is 0 Å². The number of nitrogens with zero attached hydrogens (tertiary/aromatic N) is 3. The Kier molecular flexibility index (Phi) is 7.51. The highest BCUT2D eigenvalue weighted by molar-refractivity contribution is 6.46. The third kappa shape index (κ3) is 5.02. The van der Waals surface area contributed by atoms with E-state index in [9.17, 15) is 29.9 Å². The van der Waals surface area contributed by atoms with Crippen LogP contribution in [-0.4, -0.2) is 83.1 Å². The zero-order chi connectivity index (χ0) is 25.8. The van der Waals surface area contributed by atoms with Gasteiger partial charge in [-0.1, -0.05) is 12.1 Å². The molecule has 0 spiro atoms. The average molecular weight is 498 g/mol. The molecule has 1 atom stereocenters. The van der Waals surface area contributed by atoms with E-state index in [1.54, 1.807) is 6.07 Å². The van der Waals surface area contributed by atoms with Gasteiger partial charge in [0, 0.05) is 44.4 Å². The first-order valence-electron chi connectivity index (χ1n) is 11.5. The average Bonchev–Trinajstić information content (AvgIpc) is 3.14. The summed E-state index contributed by atoms with van der Waals surface area (Å²) in [6.45, 7) is 3.66. The third-order valence-electron chi connectivity index (χ3n) is 6.37. The number of Topliss-reactive ketones (excluding diaryl/α,β-unsaturated/α-hetero) is 1. The Balaban J connectivity index is 1.74. The number of likely N-dealkylation sites (tertiary alicyclic amines) is 1. The van der Waals surface area contributed by atoms with Gasteiger partial charge in [0.15, 0.2) is 0 Å². The molecular weight excluding hydrogens is 470 g/mol. The molecule has 0 radical (unpaired) electrons. The number of hydrogen-bond acceptors (Lipinski definition) is 9. The number of nitro groups is 1. The van der Waals surface area contributed by atoms with Crippen molar-refractivity contribution in [1.82, 2.24) is 9.80 Å². The monoisotopic (exact) mass is 497 g/mol. The summed E-state index contributed by atoms with van der Waals surface area (Å²) in [6.07, 6.45) is 0.548. The second-order valence-corrected chi connectivity index (χ2v) is 8.54. The number of aliphatic hydroxyl groups excluding tert-OH is 1. The van der Waals surface area contributed by atoms with E-state index in [4.69, 9.17) is 9.47 Å². The number of carbonyl (C=O) groups is 2. The molecule has 2 aliphatic rings. The van der Waals surface area contributed by atoms with Crippen LogP contribution in [0.5, 0.6) is 11.5 Å². The first-order valence-corrected chi connectivity index (χ1v) is 11.5. The molecular formula is C25H27N3O8. The van der Waals surface area contributed by atoms with E-state index in [0.717, 1.165) is 13.1 Å². The highest BCUT2D eigenvalue weighted by atomic mass is 16.6. The molecule has 0 bridgehead atoms. The van der Waals surface area contributed by atoms with Crippen molar-refractivity contribution in [1.29, 1.82) is 0 Å². The number of amides is 1. The van der Waals surface area contributed by atoms with Gasteiger partial charge in [0.05, 0.1) is 42.4 Å². The van der Waals surface area contributed by atoms with Crippen molar-refractivity contribution in [2.24, 2.45) is 0 Å². The van der Waals surface area contributed by atoms with Crippen LogP contribution in [0.25, 0.3) is 5.76 Å². The Labute approximate surface area is 207 Å². The number of methoxy groups -OCH3 is 1. The summed E-state index contributed by atoms with van der Waals surface area (Å²) in [7, 11) is 1.42.